The van der Waals surface area contributed by atoms with Crippen LogP contribution >= 0.6 is 0 Å². The number of hydrogen-bond donors (Lipinski definition) is 1. The van der Waals surface area contributed by atoms with Crippen LogP contribution in [0.3, 0.4) is 0 Å². The van der Waals surface area contributed by atoms with Gasteiger partial charge in [-0.15, -0.1) is 0 Å². The zero-order valence-corrected chi connectivity index (χ0v) is 11.0. The van der Waals surface area contributed by atoms with Gasteiger partial charge in [-0.25, -0.2) is 0 Å². The Bertz CT molecular complexity index is 464. The molecule has 2 heterocycles. The van der Waals surface area contributed by atoms with E-state index in [-0.39, 0.29) is 0 Å². The molecule has 0 saturated heterocycles. The highest BCUT2D eigenvalue weighted by atomic mass is 15.3. The molecule has 96 valence electrons. The lowest BCUT2D eigenvalue weighted by atomic mass is 10.3. The Morgan fingerprint density at radius 3 is 2.78 bits per heavy atom. The molecule has 0 amide bonds. The van der Waals surface area contributed by atoms with E-state index in [0.29, 0.717) is 6.04 Å². The molecule has 2 rings (SSSR count). The molecule has 1 atom stereocenters. The van der Waals surface area contributed by atoms with Crippen LogP contribution in [0, 0.1) is 0 Å². The quantitative estimate of drug-likeness (QED) is 0.849. The number of hydrogen-bond acceptors (Lipinski definition) is 3. The van der Waals surface area contributed by atoms with Crippen molar-refractivity contribution < 1.29 is 0 Å². The third-order valence-electron chi connectivity index (χ3n) is 3.04. The summed E-state index contributed by atoms with van der Waals surface area (Å²) < 4.78 is 2.03. The van der Waals surface area contributed by atoms with E-state index in [1.165, 1.54) is 0 Å². The smallest absolute Gasteiger partial charge is 0.0762 e. The first-order valence-corrected chi connectivity index (χ1v) is 6.44. The second-order valence-electron chi connectivity index (χ2n) is 4.47. The number of nitrogens with zero attached hydrogens (tertiary/aromatic N) is 3. The van der Waals surface area contributed by atoms with Gasteiger partial charge < -0.3 is 5.32 Å². The van der Waals surface area contributed by atoms with Gasteiger partial charge in [0.2, 0.25) is 0 Å². The van der Waals surface area contributed by atoms with Crippen LogP contribution in [0.2, 0.25) is 0 Å². The summed E-state index contributed by atoms with van der Waals surface area (Å²) in [6.07, 6.45) is 4.96. The van der Waals surface area contributed by atoms with Gasteiger partial charge in [0.1, 0.15) is 0 Å². The normalized spacial score (nSPS) is 12.6. The van der Waals surface area contributed by atoms with Crippen molar-refractivity contribution in [2.75, 3.05) is 0 Å². The molecular formula is C14H20N4. The van der Waals surface area contributed by atoms with Crippen molar-refractivity contribution in [3.05, 3.63) is 48.0 Å². The molecule has 18 heavy (non-hydrogen) atoms. The third-order valence-corrected chi connectivity index (χ3v) is 3.04. The van der Waals surface area contributed by atoms with Gasteiger partial charge in [-0.1, -0.05) is 13.0 Å². The van der Waals surface area contributed by atoms with E-state index in [9.17, 15) is 0 Å². The molecule has 0 aliphatic heterocycles. The lowest BCUT2D eigenvalue weighted by molar-refractivity contribution is 0.471. The van der Waals surface area contributed by atoms with Gasteiger partial charge in [0, 0.05) is 31.5 Å². The van der Waals surface area contributed by atoms with Gasteiger partial charge in [0.15, 0.2) is 0 Å². The summed E-state index contributed by atoms with van der Waals surface area (Å²) >= 11 is 0. The van der Waals surface area contributed by atoms with Gasteiger partial charge in [-0.2, -0.15) is 5.10 Å². The van der Waals surface area contributed by atoms with Crippen molar-refractivity contribution in [2.24, 2.45) is 0 Å². The van der Waals surface area contributed by atoms with Crippen molar-refractivity contribution in [1.29, 1.82) is 0 Å². The second-order valence-corrected chi connectivity index (χ2v) is 4.47. The summed E-state index contributed by atoms with van der Waals surface area (Å²) in [5.74, 6) is 0. The number of aromatic nitrogens is 3. The summed E-state index contributed by atoms with van der Waals surface area (Å²) in [5, 5.41) is 7.90. The average molecular weight is 244 g/mol. The van der Waals surface area contributed by atoms with Crippen LogP contribution < -0.4 is 5.32 Å². The van der Waals surface area contributed by atoms with E-state index >= 15 is 0 Å². The van der Waals surface area contributed by atoms with Gasteiger partial charge in [0.25, 0.3) is 0 Å². The highest BCUT2D eigenvalue weighted by molar-refractivity contribution is 5.04. The molecule has 2 aromatic rings. The first-order valence-electron chi connectivity index (χ1n) is 6.44. The summed E-state index contributed by atoms with van der Waals surface area (Å²) in [6.45, 7) is 5.90. The highest BCUT2D eigenvalue weighted by Gasteiger charge is 2.04. The highest BCUT2D eigenvalue weighted by Crippen LogP contribution is 2.09. The Balaban J connectivity index is 1.82. The minimum atomic E-state index is 0.467. The van der Waals surface area contributed by atoms with E-state index in [0.717, 1.165) is 30.9 Å². The molecule has 0 aliphatic carbocycles. The predicted octanol–water partition coefficient (Wildman–Crippen LogP) is 2.54. The summed E-state index contributed by atoms with van der Waals surface area (Å²) in [6, 6.07) is 8.48. The minimum absolute atomic E-state index is 0.467. The first-order chi connectivity index (χ1) is 8.79. The fourth-order valence-electron chi connectivity index (χ4n) is 1.73. The molecule has 0 saturated carbocycles. The molecule has 0 bridgehead atoms. The van der Waals surface area contributed by atoms with E-state index in [2.05, 4.69) is 35.3 Å². The van der Waals surface area contributed by atoms with Gasteiger partial charge in [-0.3, -0.25) is 9.67 Å². The predicted molar refractivity (Wildman–Crippen MR) is 72.0 cm³/mol. The van der Waals surface area contributed by atoms with Crippen LogP contribution in [-0.4, -0.2) is 14.8 Å². The van der Waals surface area contributed by atoms with Crippen LogP contribution in [-0.2, 0) is 13.1 Å². The molecular weight excluding hydrogens is 224 g/mol. The third kappa shape index (κ3) is 3.40. The molecule has 1 N–H and O–H groups in total. The van der Waals surface area contributed by atoms with Crippen LogP contribution in [0.5, 0.6) is 0 Å². The van der Waals surface area contributed by atoms with E-state index in [4.69, 9.17) is 0 Å². The first kappa shape index (κ1) is 12.8. The van der Waals surface area contributed by atoms with Crippen LogP contribution in [0.25, 0.3) is 0 Å². The van der Waals surface area contributed by atoms with Crippen LogP contribution in [0.15, 0.2) is 36.7 Å². The molecule has 0 fully saturated rings. The maximum absolute atomic E-state index is 4.55. The van der Waals surface area contributed by atoms with E-state index in [1.54, 1.807) is 0 Å². The van der Waals surface area contributed by atoms with E-state index in [1.807, 2.05) is 35.3 Å². The van der Waals surface area contributed by atoms with Crippen LogP contribution in [0.4, 0.5) is 0 Å². The van der Waals surface area contributed by atoms with Gasteiger partial charge in [0.05, 0.1) is 11.4 Å². The number of pyridine rings is 1. The van der Waals surface area contributed by atoms with Crippen molar-refractivity contribution in [2.45, 2.75) is 39.4 Å². The molecule has 0 spiro atoms. The van der Waals surface area contributed by atoms with Crippen molar-refractivity contribution in [3.63, 3.8) is 0 Å². The standard InChI is InChI=1S/C14H20N4/c1-3-12(2)18-9-7-14(17-18)11-15-10-13-6-4-5-8-16-13/h4-9,12,15H,3,10-11H2,1-2H3. The molecule has 4 nitrogen and oxygen atoms in total. The zero-order chi connectivity index (χ0) is 12.8. The Kier molecular flexibility index (Phi) is 4.47. The fraction of sp³-hybridized carbons (Fsp3) is 0.429. The maximum Gasteiger partial charge on any atom is 0.0762 e. The molecule has 2 aromatic heterocycles. The Morgan fingerprint density at radius 1 is 1.22 bits per heavy atom. The molecule has 1 unspecified atom stereocenters. The Labute approximate surface area is 108 Å². The molecule has 0 aromatic carbocycles. The topological polar surface area (TPSA) is 42.7 Å². The average Bonchev–Trinajstić information content (AvgIpc) is 2.88. The van der Waals surface area contributed by atoms with Crippen molar-refractivity contribution >= 4 is 0 Å². The Morgan fingerprint density at radius 2 is 2.06 bits per heavy atom. The number of nitrogens with one attached hydrogen (secondary N) is 1. The molecule has 0 radical (unpaired) electrons. The SMILES string of the molecule is CCC(C)n1ccc(CNCc2ccccn2)n1. The summed E-state index contributed by atoms with van der Waals surface area (Å²) in [4.78, 5) is 4.27. The fourth-order valence-corrected chi connectivity index (χ4v) is 1.73. The maximum atomic E-state index is 4.55. The van der Waals surface area contributed by atoms with Crippen LogP contribution in [0.1, 0.15) is 37.7 Å². The summed E-state index contributed by atoms with van der Waals surface area (Å²) in [7, 11) is 0. The number of rotatable bonds is 6. The molecule has 4 heteroatoms. The van der Waals surface area contributed by atoms with Crippen molar-refractivity contribution in [3.8, 4) is 0 Å². The van der Waals surface area contributed by atoms with Gasteiger partial charge >= 0.3 is 0 Å². The lowest BCUT2D eigenvalue weighted by Gasteiger charge is -2.08. The van der Waals surface area contributed by atoms with Gasteiger partial charge in [-0.05, 0) is 31.5 Å². The summed E-state index contributed by atoms with van der Waals surface area (Å²) in [5.41, 5.74) is 2.13. The molecule has 0 aliphatic rings. The second kappa shape index (κ2) is 6.31. The van der Waals surface area contributed by atoms with E-state index < -0.39 is 0 Å². The lowest BCUT2D eigenvalue weighted by Crippen LogP contribution is -2.14. The monoisotopic (exact) mass is 244 g/mol. The zero-order valence-electron chi connectivity index (χ0n) is 11.0. The minimum Gasteiger partial charge on any atom is -0.305 e. The Hall–Kier alpha value is -1.68. The largest absolute Gasteiger partial charge is 0.305 e. The van der Waals surface area contributed by atoms with Crippen molar-refractivity contribution in [1.82, 2.24) is 20.1 Å².